The van der Waals surface area contributed by atoms with Crippen molar-refractivity contribution in [3.63, 3.8) is 0 Å². The van der Waals surface area contributed by atoms with Crippen molar-refractivity contribution in [1.29, 1.82) is 0 Å². The summed E-state index contributed by atoms with van der Waals surface area (Å²) in [5.74, 6) is -2.14. The molecule has 3 amide bonds. The summed E-state index contributed by atoms with van der Waals surface area (Å²) < 4.78 is 0. The topological polar surface area (TPSA) is 128 Å². The van der Waals surface area contributed by atoms with E-state index >= 15 is 0 Å². The molecule has 8 heteroatoms. The minimum atomic E-state index is -1.31. The zero-order valence-corrected chi connectivity index (χ0v) is 11.0. The molecule has 0 aliphatic heterocycles. The average molecular weight is 293 g/mol. The highest BCUT2D eigenvalue weighted by atomic mass is 16.4. The zero-order chi connectivity index (χ0) is 15.4. The molecular formula is C13H15N3O5. The average Bonchev–Trinajstić information content (AvgIpc) is 3.22. The van der Waals surface area contributed by atoms with Crippen LogP contribution in [0.4, 0.5) is 10.5 Å². The summed E-state index contributed by atoms with van der Waals surface area (Å²) in [6, 6.07) is 3.45. The highest BCUT2D eigenvalue weighted by Gasteiger charge is 2.23. The van der Waals surface area contributed by atoms with Gasteiger partial charge in [-0.2, -0.15) is 0 Å². The maximum Gasteiger partial charge on any atom is 0.339 e. The Morgan fingerprint density at radius 3 is 2.57 bits per heavy atom. The Morgan fingerprint density at radius 1 is 1.24 bits per heavy atom. The molecule has 1 aliphatic rings. The first-order valence-electron chi connectivity index (χ1n) is 6.37. The fourth-order valence-corrected chi connectivity index (χ4v) is 1.65. The highest BCUT2D eigenvalue weighted by Crippen LogP contribution is 2.27. The number of anilines is 1. The maximum absolute atomic E-state index is 11.6. The molecule has 0 aromatic heterocycles. The number of carbonyl (C=O) groups excluding carboxylic acids is 2. The van der Waals surface area contributed by atoms with E-state index in [0.717, 1.165) is 12.8 Å². The summed E-state index contributed by atoms with van der Waals surface area (Å²) in [6.07, 6.45) is 1.90. The fourth-order valence-electron chi connectivity index (χ4n) is 1.65. The molecule has 1 aliphatic carbocycles. The van der Waals surface area contributed by atoms with Gasteiger partial charge in [-0.1, -0.05) is 6.07 Å². The third-order valence-electron chi connectivity index (χ3n) is 2.87. The van der Waals surface area contributed by atoms with Crippen LogP contribution in [0.5, 0.6) is 5.75 Å². The van der Waals surface area contributed by atoms with Gasteiger partial charge in [-0.15, -0.1) is 0 Å². The summed E-state index contributed by atoms with van der Waals surface area (Å²) in [5, 5.41) is 25.9. The molecule has 0 saturated heterocycles. The molecular weight excluding hydrogens is 278 g/mol. The van der Waals surface area contributed by atoms with Crippen LogP contribution in [0.2, 0.25) is 0 Å². The van der Waals surface area contributed by atoms with Crippen LogP contribution in [0.25, 0.3) is 0 Å². The van der Waals surface area contributed by atoms with E-state index in [2.05, 4.69) is 16.0 Å². The quantitative estimate of drug-likeness (QED) is 0.505. The Bertz CT molecular complexity index is 583. The number of phenols is 1. The number of benzene rings is 1. The van der Waals surface area contributed by atoms with Gasteiger partial charge in [-0.25, -0.2) is 9.59 Å². The largest absolute Gasteiger partial charge is 0.505 e. The van der Waals surface area contributed by atoms with E-state index in [9.17, 15) is 19.5 Å². The molecule has 21 heavy (non-hydrogen) atoms. The summed E-state index contributed by atoms with van der Waals surface area (Å²) in [5.41, 5.74) is -0.366. The van der Waals surface area contributed by atoms with Crippen molar-refractivity contribution in [2.24, 2.45) is 0 Å². The highest BCUT2D eigenvalue weighted by molar-refractivity contribution is 5.98. The van der Waals surface area contributed by atoms with Gasteiger partial charge in [-0.05, 0) is 25.0 Å². The molecule has 8 nitrogen and oxygen atoms in total. The van der Waals surface area contributed by atoms with Crippen molar-refractivity contribution in [3.05, 3.63) is 23.8 Å². The molecule has 0 spiro atoms. The van der Waals surface area contributed by atoms with Gasteiger partial charge in [0, 0.05) is 6.04 Å². The summed E-state index contributed by atoms with van der Waals surface area (Å²) in [6.45, 7) is -0.193. The lowest BCUT2D eigenvalue weighted by atomic mass is 10.2. The predicted octanol–water partition coefficient (Wildman–Crippen LogP) is 0.490. The Hall–Kier alpha value is -2.77. The number of amides is 3. The molecule has 112 valence electrons. The van der Waals surface area contributed by atoms with E-state index in [1.165, 1.54) is 18.2 Å². The van der Waals surface area contributed by atoms with Crippen LogP contribution >= 0.6 is 0 Å². The van der Waals surface area contributed by atoms with E-state index in [1.807, 2.05) is 0 Å². The molecule has 1 aromatic carbocycles. The van der Waals surface area contributed by atoms with Gasteiger partial charge in [0.15, 0.2) is 5.75 Å². The summed E-state index contributed by atoms with van der Waals surface area (Å²) in [4.78, 5) is 33.8. The van der Waals surface area contributed by atoms with Gasteiger partial charge in [0.05, 0.1) is 12.2 Å². The number of carboxylic acid groups (broad SMARTS) is 1. The fraction of sp³-hybridized carbons (Fsp3) is 0.308. The van der Waals surface area contributed by atoms with E-state index in [4.69, 9.17) is 5.11 Å². The predicted molar refractivity (Wildman–Crippen MR) is 73.3 cm³/mol. The number of para-hydroxylation sites is 1. The third-order valence-corrected chi connectivity index (χ3v) is 2.87. The first-order chi connectivity index (χ1) is 9.97. The summed E-state index contributed by atoms with van der Waals surface area (Å²) in [7, 11) is 0. The van der Waals surface area contributed by atoms with Crippen LogP contribution in [0.1, 0.15) is 23.2 Å². The molecule has 0 unspecified atom stereocenters. The molecule has 0 heterocycles. The van der Waals surface area contributed by atoms with Gasteiger partial charge >= 0.3 is 12.0 Å². The van der Waals surface area contributed by atoms with Gasteiger partial charge in [-0.3, -0.25) is 4.79 Å². The maximum atomic E-state index is 11.6. The molecule has 2 rings (SSSR count). The molecule has 5 N–H and O–H groups in total. The zero-order valence-electron chi connectivity index (χ0n) is 11.0. The van der Waals surface area contributed by atoms with Crippen molar-refractivity contribution in [2.45, 2.75) is 18.9 Å². The molecule has 1 aromatic rings. The number of aromatic hydroxyl groups is 1. The van der Waals surface area contributed by atoms with Crippen molar-refractivity contribution in [1.82, 2.24) is 10.6 Å². The van der Waals surface area contributed by atoms with Crippen LogP contribution in [0.3, 0.4) is 0 Å². The van der Waals surface area contributed by atoms with Crippen LogP contribution < -0.4 is 16.0 Å². The number of hydrogen-bond donors (Lipinski definition) is 5. The molecule has 0 radical (unpaired) electrons. The van der Waals surface area contributed by atoms with E-state index < -0.39 is 17.7 Å². The SMILES string of the molecule is O=C(CNC(=O)Nc1cccc(C(=O)O)c1O)NC1CC1. The van der Waals surface area contributed by atoms with Crippen LogP contribution in [-0.2, 0) is 4.79 Å². The van der Waals surface area contributed by atoms with Crippen LogP contribution in [0.15, 0.2) is 18.2 Å². The number of urea groups is 1. The normalized spacial score (nSPS) is 13.3. The van der Waals surface area contributed by atoms with Crippen molar-refractivity contribution >= 4 is 23.6 Å². The Balaban J connectivity index is 1.88. The van der Waals surface area contributed by atoms with Crippen molar-refractivity contribution < 1.29 is 24.6 Å². The second kappa shape index (κ2) is 6.12. The molecule has 1 fully saturated rings. The third kappa shape index (κ3) is 4.10. The minimum Gasteiger partial charge on any atom is -0.505 e. The second-order valence-electron chi connectivity index (χ2n) is 4.66. The number of rotatable bonds is 5. The number of nitrogens with one attached hydrogen (secondary N) is 3. The molecule has 0 atom stereocenters. The van der Waals surface area contributed by atoms with Gasteiger partial charge in [0.1, 0.15) is 5.56 Å². The number of carbonyl (C=O) groups is 3. The second-order valence-corrected chi connectivity index (χ2v) is 4.66. The molecule has 0 bridgehead atoms. The van der Waals surface area contributed by atoms with Gasteiger partial charge in [0.25, 0.3) is 0 Å². The lowest BCUT2D eigenvalue weighted by Gasteiger charge is -2.10. The van der Waals surface area contributed by atoms with Gasteiger partial charge < -0.3 is 26.2 Å². The van der Waals surface area contributed by atoms with Crippen molar-refractivity contribution in [2.75, 3.05) is 11.9 Å². The Labute approximate surface area is 120 Å². The van der Waals surface area contributed by atoms with E-state index in [0.29, 0.717) is 0 Å². The minimum absolute atomic E-state index is 0.0463. The number of hydrogen-bond acceptors (Lipinski definition) is 4. The number of carboxylic acids is 1. The first kappa shape index (κ1) is 14.6. The Kier molecular flexibility index (Phi) is 4.27. The lowest BCUT2D eigenvalue weighted by Crippen LogP contribution is -2.39. The lowest BCUT2D eigenvalue weighted by molar-refractivity contribution is -0.120. The first-order valence-corrected chi connectivity index (χ1v) is 6.37. The number of aromatic carboxylic acids is 1. The van der Waals surface area contributed by atoms with E-state index in [-0.39, 0.29) is 29.7 Å². The van der Waals surface area contributed by atoms with Crippen LogP contribution in [-0.4, -0.2) is 40.7 Å². The van der Waals surface area contributed by atoms with Crippen molar-refractivity contribution in [3.8, 4) is 5.75 Å². The monoisotopic (exact) mass is 293 g/mol. The van der Waals surface area contributed by atoms with Crippen LogP contribution in [0, 0.1) is 0 Å². The molecule has 1 saturated carbocycles. The summed E-state index contributed by atoms with van der Waals surface area (Å²) >= 11 is 0. The van der Waals surface area contributed by atoms with Gasteiger partial charge in [0.2, 0.25) is 5.91 Å². The standard InChI is InChI=1S/C13H15N3O5/c17-10(15-7-4-5-7)6-14-13(21)16-9-3-1-2-8(11(9)18)12(19)20/h1-3,7,18H,4-6H2,(H,15,17)(H,19,20)(H2,14,16,21). The van der Waals surface area contributed by atoms with E-state index in [1.54, 1.807) is 0 Å². The smallest absolute Gasteiger partial charge is 0.339 e. The Morgan fingerprint density at radius 2 is 1.95 bits per heavy atom.